The number of amides is 1. The SMILES string of the molecule is O=C(NS(=O)(=O)c1cnc2n1CCC2)[C@H]1C[C@@H]1C1CC1. The van der Waals surface area contributed by atoms with E-state index in [4.69, 9.17) is 0 Å². The molecule has 6 nitrogen and oxygen atoms in total. The molecule has 0 radical (unpaired) electrons. The summed E-state index contributed by atoms with van der Waals surface area (Å²) in [5.74, 6) is 1.43. The van der Waals surface area contributed by atoms with E-state index in [1.54, 1.807) is 4.57 Å². The smallest absolute Gasteiger partial charge is 0.281 e. The monoisotopic (exact) mass is 295 g/mol. The molecule has 1 aromatic heterocycles. The summed E-state index contributed by atoms with van der Waals surface area (Å²) in [7, 11) is -3.77. The highest BCUT2D eigenvalue weighted by Crippen LogP contribution is 2.54. The number of hydrogen-bond donors (Lipinski definition) is 1. The van der Waals surface area contributed by atoms with Gasteiger partial charge in [0.1, 0.15) is 5.82 Å². The van der Waals surface area contributed by atoms with E-state index in [1.165, 1.54) is 19.0 Å². The first-order valence-corrected chi connectivity index (χ1v) is 8.65. The van der Waals surface area contributed by atoms with Gasteiger partial charge in [0.15, 0.2) is 5.03 Å². The molecule has 2 atom stereocenters. The average Bonchev–Trinajstić information content (AvgIpc) is 3.23. The number of aryl methyl sites for hydroxylation is 1. The zero-order valence-corrected chi connectivity index (χ0v) is 11.9. The number of nitrogens with one attached hydrogen (secondary N) is 1. The van der Waals surface area contributed by atoms with E-state index in [9.17, 15) is 13.2 Å². The quantitative estimate of drug-likeness (QED) is 0.885. The van der Waals surface area contributed by atoms with Crippen molar-refractivity contribution in [2.45, 2.75) is 43.7 Å². The summed E-state index contributed by atoms with van der Waals surface area (Å²) in [5, 5.41) is 0.127. The van der Waals surface area contributed by atoms with Crippen LogP contribution in [0.2, 0.25) is 0 Å². The van der Waals surface area contributed by atoms with Crippen molar-refractivity contribution in [2.75, 3.05) is 0 Å². The fourth-order valence-electron chi connectivity index (χ4n) is 3.27. The second-order valence-corrected chi connectivity index (χ2v) is 7.71. The first kappa shape index (κ1) is 12.4. The molecule has 2 heterocycles. The molecule has 2 aliphatic carbocycles. The summed E-state index contributed by atoms with van der Waals surface area (Å²) in [5.41, 5.74) is 0. The standard InChI is InChI=1S/C13H17N3O3S/c17-13(10-6-9(10)8-3-4-8)15-20(18,19)12-7-14-11-2-1-5-16(11)12/h7-10H,1-6H2,(H,15,17)/t9-,10+/m1/s1. The molecule has 0 unspecified atom stereocenters. The van der Waals surface area contributed by atoms with E-state index in [0.29, 0.717) is 18.4 Å². The van der Waals surface area contributed by atoms with Gasteiger partial charge in [-0.1, -0.05) is 0 Å². The van der Waals surface area contributed by atoms with Crippen molar-refractivity contribution in [1.82, 2.24) is 14.3 Å². The molecule has 108 valence electrons. The molecule has 0 saturated heterocycles. The summed E-state index contributed by atoms with van der Waals surface area (Å²) >= 11 is 0. The van der Waals surface area contributed by atoms with Crippen molar-refractivity contribution in [3.05, 3.63) is 12.0 Å². The second-order valence-electron chi connectivity index (χ2n) is 6.08. The Kier molecular flexibility index (Phi) is 2.52. The van der Waals surface area contributed by atoms with E-state index in [-0.39, 0.29) is 16.9 Å². The van der Waals surface area contributed by atoms with Crippen molar-refractivity contribution in [1.29, 1.82) is 0 Å². The van der Waals surface area contributed by atoms with Crippen molar-refractivity contribution in [3.63, 3.8) is 0 Å². The number of rotatable bonds is 4. The first-order chi connectivity index (χ1) is 9.56. The van der Waals surface area contributed by atoms with Gasteiger partial charge in [-0.15, -0.1) is 0 Å². The average molecular weight is 295 g/mol. The van der Waals surface area contributed by atoms with E-state index in [0.717, 1.165) is 25.1 Å². The summed E-state index contributed by atoms with van der Waals surface area (Å²) in [6.07, 6.45) is 6.29. The molecule has 0 bridgehead atoms. The van der Waals surface area contributed by atoms with Gasteiger partial charge in [0.25, 0.3) is 10.0 Å². The molecule has 2 saturated carbocycles. The van der Waals surface area contributed by atoms with Crippen molar-refractivity contribution >= 4 is 15.9 Å². The van der Waals surface area contributed by atoms with E-state index < -0.39 is 10.0 Å². The van der Waals surface area contributed by atoms with Crippen LogP contribution in [0, 0.1) is 17.8 Å². The van der Waals surface area contributed by atoms with Gasteiger partial charge in [0.2, 0.25) is 5.91 Å². The molecule has 7 heteroatoms. The number of imidazole rings is 1. The van der Waals surface area contributed by atoms with Crippen molar-refractivity contribution in [3.8, 4) is 0 Å². The van der Waals surface area contributed by atoms with Crippen LogP contribution in [0.5, 0.6) is 0 Å². The minimum atomic E-state index is -3.77. The van der Waals surface area contributed by atoms with Gasteiger partial charge in [0.05, 0.1) is 6.20 Å². The minimum Gasteiger partial charge on any atom is -0.318 e. The van der Waals surface area contributed by atoms with Crippen LogP contribution in [0.4, 0.5) is 0 Å². The lowest BCUT2D eigenvalue weighted by atomic mass is 10.2. The van der Waals surface area contributed by atoms with Crippen LogP contribution in [0.1, 0.15) is 31.5 Å². The Morgan fingerprint density at radius 2 is 2.20 bits per heavy atom. The molecule has 1 amide bonds. The largest absolute Gasteiger partial charge is 0.318 e. The predicted molar refractivity (Wildman–Crippen MR) is 70.2 cm³/mol. The third-order valence-electron chi connectivity index (χ3n) is 4.60. The first-order valence-electron chi connectivity index (χ1n) is 7.17. The van der Waals surface area contributed by atoms with Crippen LogP contribution in [-0.2, 0) is 27.8 Å². The fourth-order valence-corrected chi connectivity index (χ4v) is 4.47. The van der Waals surface area contributed by atoms with Crippen LogP contribution in [0.15, 0.2) is 11.2 Å². The number of fused-ring (bicyclic) bond motifs is 1. The van der Waals surface area contributed by atoms with Crippen LogP contribution in [0.25, 0.3) is 0 Å². The number of hydrogen-bond acceptors (Lipinski definition) is 4. The van der Waals surface area contributed by atoms with Gasteiger partial charge in [-0.25, -0.2) is 9.71 Å². The van der Waals surface area contributed by atoms with E-state index in [2.05, 4.69) is 9.71 Å². The van der Waals surface area contributed by atoms with Crippen LogP contribution in [0.3, 0.4) is 0 Å². The lowest BCUT2D eigenvalue weighted by molar-refractivity contribution is -0.120. The second kappa shape index (κ2) is 4.07. The molecular formula is C13H17N3O3S. The number of aromatic nitrogens is 2. The van der Waals surface area contributed by atoms with Gasteiger partial charge in [-0.2, -0.15) is 8.42 Å². The normalized spacial score (nSPS) is 28.2. The highest BCUT2D eigenvalue weighted by molar-refractivity contribution is 7.90. The Morgan fingerprint density at radius 1 is 1.40 bits per heavy atom. The summed E-state index contributed by atoms with van der Waals surface area (Å²) in [6.45, 7) is 0.661. The highest BCUT2D eigenvalue weighted by atomic mass is 32.2. The van der Waals surface area contributed by atoms with Crippen LogP contribution < -0.4 is 4.72 Å². The number of sulfonamides is 1. The minimum absolute atomic E-state index is 0.0988. The van der Waals surface area contributed by atoms with Gasteiger partial charge < -0.3 is 4.57 Å². The molecule has 1 N–H and O–H groups in total. The number of nitrogens with zero attached hydrogens (tertiary/aromatic N) is 2. The van der Waals surface area contributed by atoms with Gasteiger partial charge in [-0.3, -0.25) is 4.79 Å². The molecular weight excluding hydrogens is 278 g/mol. The van der Waals surface area contributed by atoms with Gasteiger partial charge in [0, 0.05) is 18.9 Å². The van der Waals surface area contributed by atoms with Crippen molar-refractivity contribution < 1.29 is 13.2 Å². The maximum absolute atomic E-state index is 12.3. The molecule has 3 aliphatic rings. The Bertz CT molecular complexity index is 675. The number of carbonyl (C=O) groups excluding carboxylic acids is 1. The Balaban J connectivity index is 1.50. The maximum atomic E-state index is 12.3. The molecule has 0 aromatic carbocycles. The molecule has 2 fully saturated rings. The summed E-state index contributed by atoms with van der Waals surface area (Å²) in [6, 6.07) is 0. The van der Waals surface area contributed by atoms with Gasteiger partial charge in [-0.05, 0) is 37.5 Å². The summed E-state index contributed by atoms with van der Waals surface area (Å²) < 4.78 is 28.5. The molecule has 4 rings (SSSR count). The Labute approximate surface area is 117 Å². The maximum Gasteiger partial charge on any atom is 0.281 e. The summed E-state index contributed by atoms with van der Waals surface area (Å²) in [4.78, 5) is 16.2. The lowest BCUT2D eigenvalue weighted by Crippen LogP contribution is -2.33. The van der Waals surface area contributed by atoms with Gasteiger partial charge >= 0.3 is 0 Å². The lowest BCUT2D eigenvalue weighted by Gasteiger charge is -2.08. The van der Waals surface area contributed by atoms with E-state index in [1.807, 2.05) is 0 Å². The third kappa shape index (κ3) is 1.95. The topological polar surface area (TPSA) is 81.1 Å². The zero-order valence-electron chi connectivity index (χ0n) is 11.1. The molecule has 1 aromatic rings. The Hall–Kier alpha value is -1.37. The third-order valence-corrected chi connectivity index (χ3v) is 5.94. The van der Waals surface area contributed by atoms with Crippen LogP contribution in [-0.4, -0.2) is 23.9 Å². The predicted octanol–water partition coefficient (Wildman–Crippen LogP) is 0.680. The number of carbonyl (C=O) groups is 1. The fraction of sp³-hybridized carbons (Fsp3) is 0.692. The van der Waals surface area contributed by atoms with Crippen molar-refractivity contribution in [2.24, 2.45) is 17.8 Å². The van der Waals surface area contributed by atoms with Crippen LogP contribution >= 0.6 is 0 Å². The van der Waals surface area contributed by atoms with E-state index >= 15 is 0 Å². The zero-order chi connectivity index (χ0) is 13.9. The Morgan fingerprint density at radius 3 is 2.95 bits per heavy atom. The molecule has 0 spiro atoms. The highest BCUT2D eigenvalue weighted by Gasteiger charge is 2.51. The molecule has 1 aliphatic heterocycles. The molecule has 20 heavy (non-hydrogen) atoms.